The van der Waals surface area contributed by atoms with E-state index in [0.717, 1.165) is 28.6 Å². The number of thioether (sulfide) groups is 1. The minimum absolute atomic E-state index is 0.0126. The second-order valence-corrected chi connectivity index (χ2v) is 10.8. The number of aliphatic carboxylic acids is 2. The number of nitrogens with two attached hydrogens (primary N) is 1. The molecule has 4 heterocycles. The van der Waals surface area contributed by atoms with Crippen molar-refractivity contribution in [2.24, 2.45) is 5.16 Å². The van der Waals surface area contributed by atoms with Gasteiger partial charge in [0.1, 0.15) is 22.8 Å². The number of nitrogens with zero attached hydrogens (tertiary/aromatic N) is 5. The number of carboxylic acid groups (broad SMARTS) is 2. The number of fused-ring (bicyclic) bond motifs is 1. The van der Waals surface area contributed by atoms with Crippen LogP contribution in [0.4, 0.5) is 5.13 Å². The molecule has 2 atom stereocenters. The Morgan fingerprint density at radius 1 is 1.31 bits per heavy atom. The third-order valence-corrected chi connectivity index (χ3v) is 7.61. The SMILES string of the molecule is CC(C)(O/N=C(\C(=O)N[C@@H]1C(=O)N2C(C(=O)O)=C(Cn3cc(O)c(=O)cn3)CS[C@H]12)c1csc(N)n1)C(=O)O. The molecule has 18 heteroatoms. The third-order valence-electron chi connectivity index (χ3n) is 5.60. The fraction of sp³-hybridized carbons (Fsp3) is 0.333. The number of hydrogen-bond acceptors (Lipinski definition) is 13. The number of carbonyl (C=O) groups is 4. The van der Waals surface area contributed by atoms with Crippen LogP contribution in [0, 0.1) is 0 Å². The Morgan fingerprint density at radius 3 is 2.62 bits per heavy atom. The molecule has 0 aliphatic carbocycles. The Hall–Kier alpha value is -4.45. The highest BCUT2D eigenvalue weighted by molar-refractivity contribution is 8.00. The fourth-order valence-electron chi connectivity index (χ4n) is 3.53. The van der Waals surface area contributed by atoms with Gasteiger partial charge in [-0.25, -0.2) is 14.6 Å². The predicted molar refractivity (Wildman–Crippen MR) is 136 cm³/mol. The van der Waals surface area contributed by atoms with Crippen LogP contribution >= 0.6 is 23.1 Å². The lowest BCUT2D eigenvalue weighted by Crippen LogP contribution is -2.71. The highest BCUT2D eigenvalue weighted by atomic mass is 32.2. The number of anilines is 1. The van der Waals surface area contributed by atoms with Crippen molar-refractivity contribution in [3.8, 4) is 5.75 Å². The number of hydrogen-bond donors (Lipinski definition) is 5. The Morgan fingerprint density at radius 2 is 2.03 bits per heavy atom. The third kappa shape index (κ3) is 5.41. The van der Waals surface area contributed by atoms with Crippen LogP contribution < -0.4 is 16.5 Å². The molecular weight excluding hydrogens is 558 g/mol. The topological polar surface area (TPSA) is 240 Å². The summed E-state index contributed by atoms with van der Waals surface area (Å²) in [7, 11) is 0. The van der Waals surface area contributed by atoms with Crippen molar-refractivity contribution < 1.29 is 39.3 Å². The molecular formula is C21H21N7O9S2. The predicted octanol–water partition coefficient (Wildman–Crippen LogP) is -0.990. The van der Waals surface area contributed by atoms with Crippen LogP contribution in [0.15, 0.2) is 39.0 Å². The van der Waals surface area contributed by atoms with Crippen LogP contribution in [0.25, 0.3) is 0 Å². The molecule has 0 spiro atoms. The number of nitrogens with one attached hydrogen (secondary N) is 1. The number of carbonyl (C=O) groups excluding carboxylic acids is 2. The molecule has 0 bridgehead atoms. The number of aromatic hydroxyl groups is 1. The first-order chi connectivity index (χ1) is 18.3. The standard InChI is InChI=1S/C21H21N7O9S2/c1-21(2,19(35)36)37-26-12(9-7-39-20(22)24-9)15(31)25-13-16(32)28-14(18(33)34)8(6-38-17(13)28)4-27-5-11(30)10(29)3-23-27/h3,5,7,13,17,30H,4,6H2,1-2H3,(H2,22,24)(H,25,31)(H,33,34)(H,35,36)/b26-12-/t13-,17-/m1/s1. The van der Waals surface area contributed by atoms with E-state index in [-0.39, 0.29) is 28.8 Å². The van der Waals surface area contributed by atoms with Gasteiger partial charge < -0.3 is 31.2 Å². The number of carboxylic acids is 2. The van der Waals surface area contributed by atoms with Gasteiger partial charge in [-0.2, -0.15) is 5.10 Å². The molecule has 1 saturated heterocycles. The highest BCUT2D eigenvalue weighted by Gasteiger charge is 2.54. The first kappa shape index (κ1) is 27.6. The number of aromatic nitrogens is 3. The zero-order valence-electron chi connectivity index (χ0n) is 20.2. The van der Waals surface area contributed by atoms with Crippen LogP contribution in [-0.2, 0) is 30.6 Å². The van der Waals surface area contributed by atoms with Gasteiger partial charge in [-0.3, -0.25) is 24.0 Å². The van der Waals surface area contributed by atoms with Crippen molar-refractivity contribution in [3.05, 3.63) is 45.0 Å². The van der Waals surface area contributed by atoms with Gasteiger partial charge in [0.25, 0.3) is 11.8 Å². The van der Waals surface area contributed by atoms with E-state index >= 15 is 0 Å². The summed E-state index contributed by atoms with van der Waals surface area (Å²) in [5.41, 5.74) is 2.71. The van der Waals surface area contributed by atoms with Gasteiger partial charge in [0.15, 0.2) is 16.6 Å². The molecule has 0 aromatic carbocycles. The summed E-state index contributed by atoms with van der Waals surface area (Å²) in [6, 6.07) is -1.14. The van der Waals surface area contributed by atoms with Gasteiger partial charge in [0.2, 0.25) is 11.0 Å². The fourth-order valence-corrected chi connectivity index (χ4v) is 5.41. The molecule has 2 aliphatic heterocycles. The second-order valence-electron chi connectivity index (χ2n) is 8.76. The van der Waals surface area contributed by atoms with E-state index in [0.29, 0.717) is 5.57 Å². The lowest BCUT2D eigenvalue weighted by molar-refractivity contribution is -0.161. The van der Waals surface area contributed by atoms with Crippen molar-refractivity contribution in [1.29, 1.82) is 0 Å². The zero-order chi connectivity index (χ0) is 28.6. The quantitative estimate of drug-likeness (QED) is 0.136. The van der Waals surface area contributed by atoms with Crippen molar-refractivity contribution in [2.75, 3.05) is 11.5 Å². The Labute approximate surface area is 226 Å². The number of β-lactam (4-membered cyclic amide) rings is 1. The van der Waals surface area contributed by atoms with Gasteiger partial charge >= 0.3 is 11.9 Å². The van der Waals surface area contributed by atoms with E-state index in [9.17, 15) is 39.3 Å². The monoisotopic (exact) mass is 579 g/mol. The summed E-state index contributed by atoms with van der Waals surface area (Å²) < 4.78 is 1.17. The summed E-state index contributed by atoms with van der Waals surface area (Å²) in [6.45, 7) is 2.32. The van der Waals surface area contributed by atoms with Gasteiger partial charge in [0, 0.05) is 11.1 Å². The summed E-state index contributed by atoms with van der Waals surface area (Å²) >= 11 is 2.17. The maximum Gasteiger partial charge on any atom is 0.352 e. The summed E-state index contributed by atoms with van der Waals surface area (Å²) in [5.74, 6) is -4.79. The molecule has 0 unspecified atom stereocenters. The molecule has 2 aliphatic rings. The average molecular weight is 580 g/mol. The molecule has 206 valence electrons. The Balaban J connectivity index is 1.56. The molecule has 39 heavy (non-hydrogen) atoms. The zero-order valence-corrected chi connectivity index (χ0v) is 21.9. The molecule has 6 N–H and O–H groups in total. The molecule has 2 amide bonds. The number of nitrogen functional groups attached to an aromatic ring is 1. The van der Waals surface area contributed by atoms with Crippen molar-refractivity contribution in [3.63, 3.8) is 0 Å². The number of thiazole rings is 1. The van der Waals surface area contributed by atoms with Crippen molar-refractivity contribution in [2.45, 2.75) is 37.4 Å². The minimum Gasteiger partial charge on any atom is -0.503 e. The van der Waals surface area contributed by atoms with E-state index < -0.39 is 57.7 Å². The van der Waals surface area contributed by atoms with Crippen LogP contribution in [0.2, 0.25) is 0 Å². The van der Waals surface area contributed by atoms with Gasteiger partial charge in [-0.1, -0.05) is 5.16 Å². The van der Waals surface area contributed by atoms with E-state index in [4.69, 9.17) is 10.6 Å². The number of oxime groups is 1. The average Bonchev–Trinajstić information content (AvgIpc) is 3.29. The summed E-state index contributed by atoms with van der Waals surface area (Å²) in [4.78, 5) is 71.1. The molecule has 1 fully saturated rings. The molecule has 4 rings (SSSR count). The first-order valence-corrected chi connectivity index (χ1v) is 12.9. The van der Waals surface area contributed by atoms with Crippen LogP contribution in [-0.4, -0.2) is 87.2 Å². The number of amides is 2. The number of rotatable bonds is 9. The minimum atomic E-state index is -1.79. The lowest BCUT2D eigenvalue weighted by atomic mass is 10.0. The molecule has 0 saturated carbocycles. The Kier molecular flexibility index (Phi) is 7.33. The molecule has 2 aromatic rings. The Bertz CT molecular complexity index is 1500. The van der Waals surface area contributed by atoms with E-state index in [1.807, 2.05) is 0 Å². The maximum absolute atomic E-state index is 13.1. The lowest BCUT2D eigenvalue weighted by Gasteiger charge is -2.49. The maximum atomic E-state index is 13.1. The summed E-state index contributed by atoms with van der Waals surface area (Å²) in [6.07, 6.45) is 1.93. The smallest absolute Gasteiger partial charge is 0.352 e. The molecule has 0 radical (unpaired) electrons. The molecule has 2 aromatic heterocycles. The first-order valence-electron chi connectivity index (χ1n) is 11.0. The van der Waals surface area contributed by atoms with Crippen LogP contribution in [0.5, 0.6) is 5.75 Å². The van der Waals surface area contributed by atoms with E-state index in [1.165, 1.54) is 35.7 Å². The van der Waals surface area contributed by atoms with Crippen LogP contribution in [0.3, 0.4) is 0 Å². The van der Waals surface area contributed by atoms with Gasteiger partial charge in [0.05, 0.1) is 18.9 Å². The van der Waals surface area contributed by atoms with Crippen molar-refractivity contribution in [1.82, 2.24) is 25.0 Å². The largest absolute Gasteiger partial charge is 0.503 e. The second kappa shape index (κ2) is 10.4. The van der Waals surface area contributed by atoms with Gasteiger partial charge in [-0.15, -0.1) is 23.1 Å². The summed E-state index contributed by atoms with van der Waals surface area (Å²) in [5, 5.41) is 39.5. The van der Waals surface area contributed by atoms with Crippen LogP contribution in [0.1, 0.15) is 19.5 Å². The van der Waals surface area contributed by atoms with Gasteiger partial charge in [-0.05, 0) is 19.4 Å². The normalized spacial score (nSPS) is 19.3. The highest BCUT2D eigenvalue weighted by Crippen LogP contribution is 2.40. The van der Waals surface area contributed by atoms with Crippen molar-refractivity contribution >= 4 is 57.7 Å². The van der Waals surface area contributed by atoms with E-state index in [1.54, 1.807) is 0 Å². The van der Waals surface area contributed by atoms with E-state index in [2.05, 4.69) is 20.6 Å². The molecule has 16 nitrogen and oxygen atoms in total.